The van der Waals surface area contributed by atoms with Gasteiger partial charge in [0.1, 0.15) is 5.69 Å². The molecule has 0 amide bonds. The average Bonchev–Trinajstić information content (AvgIpc) is 3.76. The molecule has 9 aromatic carbocycles. The highest BCUT2D eigenvalue weighted by atomic mass is 15.3. The molecule has 0 aliphatic heterocycles. The molecular weight excluding hydrogens is 741 g/mol. The molecule has 0 unspecified atom stereocenters. The maximum absolute atomic E-state index is 5.43. The topological polar surface area (TPSA) is 43.6 Å². The first-order chi connectivity index (χ1) is 30.2. The van der Waals surface area contributed by atoms with Crippen LogP contribution in [0.3, 0.4) is 0 Å². The standard InChI is InChI=1S/C57H38N4/c1-5-17-39(18-6-1)44-26-15-28-47(35-44)53-38-52(58-57(59-53)48-29-16-27-45(36-48)40-19-7-2-8-20-40)42-31-33-49(34-32-42)61-56-50-30-14-13-25-46(50)37-51(41-21-9-3-10-22-41)54(56)55(60-61)43-23-11-4-12-24-43/h1-38H. The van der Waals surface area contributed by atoms with Gasteiger partial charge >= 0.3 is 0 Å². The van der Waals surface area contributed by atoms with Gasteiger partial charge in [-0.05, 0) is 75.2 Å². The maximum Gasteiger partial charge on any atom is 0.160 e. The molecule has 0 aliphatic carbocycles. The molecule has 11 rings (SSSR count). The smallest absolute Gasteiger partial charge is 0.160 e. The number of benzene rings is 9. The third kappa shape index (κ3) is 6.86. The number of hydrogen-bond acceptors (Lipinski definition) is 3. The Bertz CT molecular complexity index is 3220. The summed E-state index contributed by atoms with van der Waals surface area (Å²) in [7, 11) is 0. The Kier molecular flexibility index (Phi) is 9.14. The van der Waals surface area contributed by atoms with Gasteiger partial charge < -0.3 is 0 Å². The van der Waals surface area contributed by atoms with Crippen LogP contribution >= 0.6 is 0 Å². The number of aromatic nitrogens is 4. The zero-order valence-electron chi connectivity index (χ0n) is 33.2. The second-order valence-electron chi connectivity index (χ2n) is 15.3. The van der Waals surface area contributed by atoms with E-state index in [9.17, 15) is 0 Å². The lowest BCUT2D eigenvalue weighted by Crippen LogP contribution is -1.99. The third-order valence-corrected chi connectivity index (χ3v) is 11.4. The summed E-state index contributed by atoms with van der Waals surface area (Å²) in [6.07, 6.45) is 0. The highest BCUT2D eigenvalue weighted by Gasteiger charge is 2.21. The average molecular weight is 779 g/mol. The summed E-state index contributed by atoms with van der Waals surface area (Å²) in [4.78, 5) is 10.5. The van der Waals surface area contributed by atoms with Crippen LogP contribution in [0.4, 0.5) is 0 Å². The van der Waals surface area contributed by atoms with Crippen LogP contribution in [0, 0.1) is 0 Å². The van der Waals surface area contributed by atoms with Crippen LogP contribution in [0.15, 0.2) is 231 Å². The van der Waals surface area contributed by atoms with Crippen LogP contribution in [0.25, 0.3) is 106 Å². The summed E-state index contributed by atoms with van der Waals surface area (Å²) in [6.45, 7) is 0. The first-order valence-electron chi connectivity index (χ1n) is 20.6. The molecule has 2 heterocycles. The number of rotatable bonds is 8. The van der Waals surface area contributed by atoms with E-state index in [0.717, 1.165) is 94.7 Å². The minimum atomic E-state index is 0.671. The van der Waals surface area contributed by atoms with Crippen molar-refractivity contribution in [2.45, 2.75) is 0 Å². The van der Waals surface area contributed by atoms with Gasteiger partial charge in [-0.3, -0.25) is 0 Å². The van der Waals surface area contributed by atoms with Crippen molar-refractivity contribution in [2.75, 3.05) is 0 Å². The van der Waals surface area contributed by atoms with E-state index in [2.05, 4.69) is 223 Å². The minimum Gasteiger partial charge on any atom is -0.232 e. The number of fused-ring (bicyclic) bond motifs is 3. The Balaban J connectivity index is 1.07. The van der Waals surface area contributed by atoms with Gasteiger partial charge in [0.05, 0.1) is 22.6 Å². The molecule has 11 aromatic rings. The summed E-state index contributed by atoms with van der Waals surface area (Å²) in [5.41, 5.74) is 15.6. The Labute approximate surface area is 354 Å². The summed E-state index contributed by atoms with van der Waals surface area (Å²) in [6, 6.07) is 80.9. The van der Waals surface area contributed by atoms with Crippen molar-refractivity contribution in [1.29, 1.82) is 0 Å². The molecule has 0 aliphatic rings. The first-order valence-corrected chi connectivity index (χ1v) is 20.6. The fourth-order valence-electron chi connectivity index (χ4n) is 8.42. The fourth-order valence-corrected chi connectivity index (χ4v) is 8.42. The molecule has 0 bridgehead atoms. The Morgan fingerprint density at radius 2 is 0.820 bits per heavy atom. The molecule has 4 nitrogen and oxygen atoms in total. The van der Waals surface area contributed by atoms with Crippen LogP contribution in [0.2, 0.25) is 0 Å². The lowest BCUT2D eigenvalue weighted by atomic mass is 9.94. The molecule has 0 N–H and O–H groups in total. The zero-order valence-corrected chi connectivity index (χ0v) is 33.2. The SMILES string of the molecule is c1ccc(-c2cccc(-c3cc(-c4ccc(-n5nc(-c6ccccc6)c6c(-c7ccccc7)cc7ccccc7c65)cc4)nc(-c4cccc(-c5ccccc5)c4)n3)c2)cc1. The molecule has 286 valence electrons. The fraction of sp³-hybridized carbons (Fsp3) is 0. The van der Waals surface area contributed by atoms with E-state index in [0.29, 0.717) is 5.82 Å². The van der Waals surface area contributed by atoms with E-state index in [1.165, 1.54) is 5.39 Å². The quantitative estimate of drug-likeness (QED) is 0.154. The molecule has 2 aromatic heterocycles. The van der Waals surface area contributed by atoms with E-state index < -0.39 is 0 Å². The monoisotopic (exact) mass is 778 g/mol. The van der Waals surface area contributed by atoms with Crippen molar-refractivity contribution < 1.29 is 0 Å². The minimum absolute atomic E-state index is 0.671. The van der Waals surface area contributed by atoms with Gasteiger partial charge in [-0.25, -0.2) is 14.6 Å². The molecule has 0 radical (unpaired) electrons. The molecule has 4 heteroatoms. The molecular formula is C57H38N4. The lowest BCUT2D eigenvalue weighted by molar-refractivity contribution is 0.918. The Morgan fingerprint density at radius 1 is 0.328 bits per heavy atom. The first kappa shape index (κ1) is 35.9. The van der Waals surface area contributed by atoms with Crippen LogP contribution < -0.4 is 0 Å². The maximum atomic E-state index is 5.43. The van der Waals surface area contributed by atoms with Gasteiger partial charge in [-0.2, -0.15) is 5.10 Å². The van der Waals surface area contributed by atoms with Gasteiger partial charge in [0.15, 0.2) is 5.82 Å². The van der Waals surface area contributed by atoms with E-state index >= 15 is 0 Å². The van der Waals surface area contributed by atoms with Gasteiger partial charge in [0, 0.05) is 33.0 Å². The summed E-state index contributed by atoms with van der Waals surface area (Å²) in [5, 5.41) is 8.88. The Hall–Kier alpha value is -8.21. The molecule has 0 saturated heterocycles. The summed E-state index contributed by atoms with van der Waals surface area (Å²) >= 11 is 0. The predicted molar refractivity (Wildman–Crippen MR) is 252 cm³/mol. The van der Waals surface area contributed by atoms with Gasteiger partial charge in [-0.15, -0.1) is 0 Å². The zero-order chi connectivity index (χ0) is 40.5. The Morgan fingerprint density at radius 3 is 1.46 bits per heavy atom. The van der Waals surface area contributed by atoms with Crippen LogP contribution in [0.5, 0.6) is 0 Å². The van der Waals surface area contributed by atoms with E-state index in [4.69, 9.17) is 15.1 Å². The van der Waals surface area contributed by atoms with Crippen molar-refractivity contribution in [3.05, 3.63) is 231 Å². The van der Waals surface area contributed by atoms with Crippen molar-refractivity contribution in [3.63, 3.8) is 0 Å². The van der Waals surface area contributed by atoms with Crippen LogP contribution in [-0.2, 0) is 0 Å². The third-order valence-electron chi connectivity index (χ3n) is 11.4. The normalized spacial score (nSPS) is 11.3. The van der Waals surface area contributed by atoms with E-state index in [-0.39, 0.29) is 0 Å². The van der Waals surface area contributed by atoms with Crippen LogP contribution in [0.1, 0.15) is 0 Å². The van der Waals surface area contributed by atoms with E-state index in [1.807, 2.05) is 12.1 Å². The number of nitrogens with zero attached hydrogens (tertiary/aromatic N) is 4. The van der Waals surface area contributed by atoms with E-state index in [1.54, 1.807) is 0 Å². The van der Waals surface area contributed by atoms with Crippen molar-refractivity contribution in [1.82, 2.24) is 19.7 Å². The highest BCUT2D eigenvalue weighted by Crippen LogP contribution is 2.42. The van der Waals surface area contributed by atoms with Crippen molar-refractivity contribution in [2.24, 2.45) is 0 Å². The van der Waals surface area contributed by atoms with Gasteiger partial charge in [0.25, 0.3) is 0 Å². The summed E-state index contributed by atoms with van der Waals surface area (Å²) in [5.74, 6) is 0.671. The molecule has 0 spiro atoms. The molecule has 0 atom stereocenters. The second-order valence-corrected chi connectivity index (χ2v) is 15.3. The summed E-state index contributed by atoms with van der Waals surface area (Å²) < 4.78 is 2.12. The van der Waals surface area contributed by atoms with Gasteiger partial charge in [-0.1, -0.05) is 194 Å². The van der Waals surface area contributed by atoms with Gasteiger partial charge in [0.2, 0.25) is 0 Å². The van der Waals surface area contributed by atoms with Crippen molar-refractivity contribution in [3.8, 4) is 84.2 Å². The predicted octanol–water partition coefficient (Wildman–Crippen LogP) is 14.6. The largest absolute Gasteiger partial charge is 0.232 e. The molecule has 0 fully saturated rings. The van der Waals surface area contributed by atoms with Crippen LogP contribution in [-0.4, -0.2) is 19.7 Å². The molecule has 0 saturated carbocycles. The number of hydrogen-bond donors (Lipinski definition) is 0. The second kappa shape index (κ2) is 15.5. The highest BCUT2D eigenvalue weighted by molar-refractivity contribution is 6.17. The lowest BCUT2D eigenvalue weighted by Gasteiger charge is -2.13. The van der Waals surface area contributed by atoms with Crippen molar-refractivity contribution >= 4 is 21.7 Å². The molecule has 61 heavy (non-hydrogen) atoms.